The van der Waals surface area contributed by atoms with Crippen LogP contribution >= 0.6 is 0 Å². The van der Waals surface area contributed by atoms with Crippen molar-refractivity contribution >= 4 is 12.1 Å². The molecular weight excluding hydrogens is 759 g/mol. The first-order chi connectivity index (χ1) is 29.5. The van der Waals surface area contributed by atoms with Gasteiger partial charge in [0.05, 0.1) is 19.8 Å². The molecule has 0 aromatic heterocycles. The quantitative estimate of drug-likeness (QED) is 0.0873. The number of alkyl carbamates (subject to hydrolysis) is 1. The fourth-order valence-electron chi connectivity index (χ4n) is 7.86. The van der Waals surface area contributed by atoms with E-state index in [1.54, 1.807) is 0 Å². The molecule has 306 valence electrons. The number of carboxylic acid groups (broad SMARTS) is 1. The lowest BCUT2D eigenvalue weighted by Crippen LogP contribution is -2.63. The lowest BCUT2D eigenvalue weighted by molar-refractivity contribution is -0.329. The standard InChI is InChI=1S/C50H47NO9/c52-48(53)46-44(55-30-35-19-7-2-8-20-35)45(56-31-36-21-9-3-10-22-36)47(57-32-37-23-11-4-12-24-37)49(60-46)59-43(29-34-17-5-1-6-18-34)51-50(54)58-33-42-40-27-15-13-25-38(40)39-26-14-16-28-41(39)42/h1-28,42-47,49H,29-33H2,(H,51,54)(H,52,53)/t43-,44+,45+,46+,47-,49-/m1/s1. The van der Waals surface area contributed by atoms with Gasteiger partial charge in [-0.3, -0.25) is 5.32 Å². The van der Waals surface area contributed by atoms with Crippen LogP contribution < -0.4 is 5.32 Å². The van der Waals surface area contributed by atoms with Crippen LogP contribution in [0.2, 0.25) is 0 Å². The maximum Gasteiger partial charge on any atom is 0.409 e. The van der Waals surface area contributed by atoms with Gasteiger partial charge in [0.1, 0.15) is 31.1 Å². The molecule has 1 amide bonds. The van der Waals surface area contributed by atoms with Gasteiger partial charge in [-0.2, -0.15) is 0 Å². The highest BCUT2D eigenvalue weighted by atomic mass is 16.7. The summed E-state index contributed by atoms with van der Waals surface area (Å²) in [7, 11) is 0. The third kappa shape index (κ3) is 9.99. The molecule has 60 heavy (non-hydrogen) atoms. The van der Waals surface area contributed by atoms with Gasteiger partial charge >= 0.3 is 12.1 Å². The highest BCUT2D eigenvalue weighted by molar-refractivity contribution is 5.79. The van der Waals surface area contributed by atoms with Crippen LogP contribution in [0.25, 0.3) is 11.1 Å². The van der Waals surface area contributed by atoms with E-state index < -0.39 is 49.0 Å². The van der Waals surface area contributed by atoms with Gasteiger partial charge in [0.15, 0.2) is 12.4 Å². The molecular formula is C50H47NO9. The van der Waals surface area contributed by atoms with Gasteiger partial charge in [-0.25, -0.2) is 9.59 Å². The van der Waals surface area contributed by atoms with E-state index in [4.69, 9.17) is 28.4 Å². The van der Waals surface area contributed by atoms with Crippen LogP contribution in [0, 0.1) is 0 Å². The highest BCUT2D eigenvalue weighted by Gasteiger charge is 2.52. The summed E-state index contributed by atoms with van der Waals surface area (Å²) >= 11 is 0. The molecule has 0 saturated carbocycles. The Bertz CT molecular complexity index is 2250. The summed E-state index contributed by atoms with van der Waals surface area (Å²) in [5, 5.41) is 13.6. The van der Waals surface area contributed by atoms with Crippen molar-refractivity contribution in [3.8, 4) is 11.1 Å². The minimum atomic E-state index is -1.53. The summed E-state index contributed by atoms with van der Waals surface area (Å²) in [5.41, 5.74) is 7.85. The Morgan fingerprint density at radius 1 is 0.550 bits per heavy atom. The minimum Gasteiger partial charge on any atom is -0.479 e. The zero-order valence-corrected chi connectivity index (χ0v) is 33.0. The predicted octanol–water partition coefficient (Wildman–Crippen LogP) is 8.68. The molecule has 2 N–H and O–H groups in total. The number of fused-ring (bicyclic) bond motifs is 3. The fraction of sp³-hybridized carbons (Fsp3) is 0.240. The topological polar surface area (TPSA) is 122 Å². The number of carbonyl (C=O) groups is 2. The second-order valence-corrected chi connectivity index (χ2v) is 14.8. The normalized spacial score (nSPS) is 20.1. The third-order valence-electron chi connectivity index (χ3n) is 10.8. The van der Waals surface area contributed by atoms with Gasteiger partial charge in [-0.05, 0) is 44.5 Å². The molecule has 6 aromatic carbocycles. The second-order valence-electron chi connectivity index (χ2n) is 14.8. The summed E-state index contributed by atoms with van der Waals surface area (Å²) in [6.45, 7) is 0.455. The molecule has 2 aliphatic rings. The van der Waals surface area contributed by atoms with E-state index in [9.17, 15) is 14.7 Å². The van der Waals surface area contributed by atoms with E-state index in [1.165, 1.54) is 0 Å². The summed E-state index contributed by atoms with van der Waals surface area (Å²) in [6, 6.07) is 54.4. The average molecular weight is 806 g/mol. The smallest absolute Gasteiger partial charge is 0.409 e. The number of aliphatic carboxylic acids is 1. The van der Waals surface area contributed by atoms with Crippen molar-refractivity contribution in [2.24, 2.45) is 0 Å². The molecule has 1 fully saturated rings. The Labute approximate surface area is 349 Å². The predicted molar refractivity (Wildman–Crippen MR) is 225 cm³/mol. The molecule has 0 bridgehead atoms. The Morgan fingerprint density at radius 3 is 1.48 bits per heavy atom. The number of carbonyl (C=O) groups excluding carboxylic acids is 1. The van der Waals surface area contributed by atoms with Gasteiger partial charge in [-0.1, -0.05) is 170 Å². The first kappa shape index (κ1) is 40.6. The Hall–Kier alpha value is -6.14. The zero-order chi connectivity index (χ0) is 41.1. The number of benzene rings is 6. The van der Waals surface area contributed by atoms with Crippen LogP contribution in [-0.4, -0.2) is 60.7 Å². The number of hydrogen-bond donors (Lipinski definition) is 2. The van der Waals surface area contributed by atoms with Gasteiger partial charge in [0.2, 0.25) is 0 Å². The van der Waals surface area contributed by atoms with E-state index >= 15 is 0 Å². The summed E-state index contributed by atoms with van der Waals surface area (Å²) < 4.78 is 38.7. The van der Waals surface area contributed by atoms with Crippen LogP contribution in [0.15, 0.2) is 170 Å². The molecule has 1 saturated heterocycles. The number of nitrogens with one attached hydrogen (secondary N) is 1. The number of carboxylic acids is 1. The van der Waals surface area contributed by atoms with Crippen molar-refractivity contribution in [2.75, 3.05) is 6.61 Å². The second kappa shape index (κ2) is 19.7. The molecule has 1 heterocycles. The van der Waals surface area contributed by atoms with Crippen molar-refractivity contribution in [1.29, 1.82) is 0 Å². The molecule has 10 nitrogen and oxygen atoms in total. The fourth-order valence-corrected chi connectivity index (χ4v) is 7.86. The largest absolute Gasteiger partial charge is 0.479 e. The van der Waals surface area contributed by atoms with Gasteiger partial charge in [0, 0.05) is 12.3 Å². The first-order valence-electron chi connectivity index (χ1n) is 20.2. The van der Waals surface area contributed by atoms with Crippen LogP contribution in [0.4, 0.5) is 4.79 Å². The van der Waals surface area contributed by atoms with E-state index in [2.05, 4.69) is 29.6 Å². The average Bonchev–Trinajstić information content (AvgIpc) is 3.61. The zero-order valence-electron chi connectivity index (χ0n) is 33.0. The summed E-state index contributed by atoms with van der Waals surface area (Å²) in [6.07, 6.45) is -7.53. The SMILES string of the molecule is O=C(N[C@@H](Cc1ccccc1)O[C@@H]1O[C@H](C(=O)O)[C@@H](OCc2ccccc2)[C@H](OCc2ccccc2)[C@H]1OCc1ccccc1)OCC1c2ccccc2-c2ccccc21. The molecule has 8 rings (SSSR count). The lowest BCUT2D eigenvalue weighted by Gasteiger charge is -2.45. The maximum atomic E-state index is 13.8. The van der Waals surface area contributed by atoms with E-state index in [0.717, 1.165) is 44.5 Å². The number of hydrogen-bond acceptors (Lipinski definition) is 8. The minimum absolute atomic E-state index is 0.0948. The summed E-state index contributed by atoms with van der Waals surface area (Å²) in [4.78, 5) is 26.9. The van der Waals surface area contributed by atoms with Crippen molar-refractivity contribution in [3.05, 3.63) is 203 Å². The molecule has 6 atom stereocenters. The van der Waals surface area contributed by atoms with Gasteiger partial charge < -0.3 is 33.5 Å². The molecule has 0 radical (unpaired) electrons. The van der Waals surface area contributed by atoms with E-state index in [0.29, 0.717) is 0 Å². The lowest BCUT2D eigenvalue weighted by atomic mass is 9.97. The van der Waals surface area contributed by atoms with Crippen LogP contribution in [0.5, 0.6) is 0 Å². The van der Waals surface area contributed by atoms with Crippen molar-refractivity contribution in [3.63, 3.8) is 0 Å². The molecule has 1 aliphatic heterocycles. The van der Waals surface area contributed by atoms with Crippen molar-refractivity contribution in [1.82, 2.24) is 5.32 Å². The van der Waals surface area contributed by atoms with Crippen LogP contribution in [0.1, 0.15) is 39.3 Å². The van der Waals surface area contributed by atoms with Crippen LogP contribution in [0.3, 0.4) is 0 Å². The molecule has 0 spiro atoms. The van der Waals surface area contributed by atoms with Crippen molar-refractivity contribution < 1.29 is 43.1 Å². The molecule has 0 unspecified atom stereocenters. The third-order valence-corrected chi connectivity index (χ3v) is 10.8. The molecule has 6 aromatic rings. The van der Waals surface area contributed by atoms with Crippen LogP contribution in [-0.2, 0) is 59.5 Å². The number of rotatable bonds is 17. The van der Waals surface area contributed by atoms with Crippen molar-refractivity contribution in [2.45, 2.75) is 69.1 Å². The number of ether oxygens (including phenoxy) is 6. The first-order valence-corrected chi connectivity index (χ1v) is 20.2. The van der Waals surface area contributed by atoms with Gasteiger partial charge in [-0.15, -0.1) is 0 Å². The van der Waals surface area contributed by atoms with E-state index in [1.807, 2.05) is 146 Å². The summed E-state index contributed by atoms with van der Waals surface area (Å²) in [5.74, 6) is -1.42. The highest BCUT2D eigenvalue weighted by Crippen LogP contribution is 2.44. The number of amides is 1. The molecule has 10 heteroatoms. The Kier molecular flexibility index (Phi) is 13.4. The Balaban J connectivity index is 1.08. The maximum absolute atomic E-state index is 13.8. The monoisotopic (exact) mass is 805 g/mol. The Morgan fingerprint density at radius 2 is 0.983 bits per heavy atom. The molecule has 1 aliphatic carbocycles. The van der Waals surface area contributed by atoms with E-state index in [-0.39, 0.29) is 38.8 Å². The van der Waals surface area contributed by atoms with Gasteiger partial charge in [0.25, 0.3) is 0 Å².